The fourth-order valence-electron chi connectivity index (χ4n) is 3.57. The lowest BCUT2D eigenvalue weighted by Crippen LogP contribution is -2.33. The van der Waals surface area contributed by atoms with Crippen molar-refractivity contribution in [2.24, 2.45) is 17.8 Å². The van der Waals surface area contributed by atoms with Crippen molar-refractivity contribution in [1.29, 1.82) is 0 Å². The summed E-state index contributed by atoms with van der Waals surface area (Å²) in [5.41, 5.74) is 1.32. The number of benzene rings is 1. The molecule has 0 aromatic heterocycles. The molecule has 4 atom stereocenters. The van der Waals surface area contributed by atoms with Gasteiger partial charge in [-0.15, -0.1) is 0 Å². The average molecular weight is 275 g/mol. The van der Waals surface area contributed by atoms with Gasteiger partial charge < -0.3 is 10.1 Å². The van der Waals surface area contributed by atoms with Crippen LogP contribution in [0.1, 0.15) is 51.6 Å². The maximum atomic E-state index is 5.57. The molecule has 0 amide bonds. The molecule has 1 aromatic rings. The molecule has 1 aliphatic rings. The third kappa shape index (κ3) is 3.35. The summed E-state index contributed by atoms with van der Waals surface area (Å²) in [6.07, 6.45) is 3.99. The Morgan fingerprint density at radius 1 is 1.20 bits per heavy atom. The van der Waals surface area contributed by atoms with Gasteiger partial charge in [-0.1, -0.05) is 45.4 Å². The third-order valence-corrected chi connectivity index (χ3v) is 5.01. The van der Waals surface area contributed by atoms with Crippen LogP contribution in [-0.2, 0) is 0 Å². The Balaban J connectivity index is 2.22. The van der Waals surface area contributed by atoms with Gasteiger partial charge in [-0.05, 0) is 43.2 Å². The van der Waals surface area contributed by atoms with Crippen LogP contribution in [0.15, 0.2) is 24.3 Å². The molecule has 1 aromatic carbocycles. The van der Waals surface area contributed by atoms with E-state index < -0.39 is 0 Å². The zero-order valence-electron chi connectivity index (χ0n) is 13.4. The Bertz CT molecular complexity index is 418. The molecule has 20 heavy (non-hydrogen) atoms. The molecule has 1 N–H and O–H groups in total. The Morgan fingerprint density at radius 3 is 2.60 bits per heavy atom. The molecule has 0 spiro atoms. The first-order valence-electron chi connectivity index (χ1n) is 8.03. The zero-order valence-corrected chi connectivity index (χ0v) is 13.4. The van der Waals surface area contributed by atoms with Gasteiger partial charge in [0.25, 0.3) is 0 Å². The highest BCUT2D eigenvalue weighted by atomic mass is 16.5. The normalized spacial score (nSPS) is 28.1. The number of ether oxygens (including phenoxy) is 1. The number of para-hydroxylation sites is 1. The maximum Gasteiger partial charge on any atom is 0.123 e. The summed E-state index contributed by atoms with van der Waals surface area (Å²) >= 11 is 0. The Labute approximate surface area is 123 Å². The van der Waals surface area contributed by atoms with Gasteiger partial charge in [0.1, 0.15) is 5.75 Å². The Kier molecular flexibility index (Phi) is 5.47. The minimum atomic E-state index is 0.422. The third-order valence-electron chi connectivity index (χ3n) is 5.01. The topological polar surface area (TPSA) is 21.3 Å². The van der Waals surface area contributed by atoms with E-state index in [0.717, 1.165) is 30.0 Å². The lowest BCUT2D eigenvalue weighted by molar-refractivity contribution is 0.170. The highest BCUT2D eigenvalue weighted by Gasteiger charge is 2.31. The molecule has 0 aliphatic heterocycles. The number of methoxy groups -OCH3 is 1. The first-order valence-corrected chi connectivity index (χ1v) is 8.03. The van der Waals surface area contributed by atoms with Gasteiger partial charge in [0.05, 0.1) is 7.11 Å². The van der Waals surface area contributed by atoms with Gasteiger partial charge in [-0.25, -0.2) is 0 Å². The van der Waals surface area contributed by atoms with Crippen LogP contribution in [0, 0.1) is 17.8 Å². The molecule has 2 heteroatoms. The standard InChI is InChI=1S/C18H29NO/c1-5-19-18(15-11-10-13(2)14(3)12-15)16-8-6-7-9-17(16)20-4/h6-9,13-15,18-19H,5,10-12H2,1-4H3. The van der Waals surface area contributed by atoms with Crippen LogP contribution in [0.2, 0.25) is 0 Å². The summed E-state index contributed by atoms with van der Waals surface area (Å²) in [6, 6.07) is 8.89. The predicted molar refractivity (Wildman–Crippen MR) is 85.1 cm³/mol. The van der Waals surface area contributed by atoms with E-state index in [1.165, 1.54) is 24.8 Å². The minimum absolute atomic E-state index is 0.422. The van der Waals surface area contributed by atoms with Crippen LogP contribution in [0.5, 0.6) is 5.75 Å². The number of rotatable bonds is 5. The summed E-state index contributed by atoms with van der Waals surface area (Å²) in [4.78, 5) is 0. The van der Waals surface area contributed by atoms with E-state index in [1.807, 2.05) is 0 Å². The first-order chi connectivity index (χ1) is 9.67. The smallest absolute Gasteiger partial charge is 0.123 e. The summed E-state index contributed by atoms with van der Waals surface area (Å²) in [5, 5.41) is 3.70. The first kappa shape index (κ1) is 15.4. The van der Waals surface area contributed by atoms with Crippen molar-refractivity contribution in [3.63, 3.8) is 0 Å². The average Bonchev–Trinajstić information content (AvgIpc) is 2.48. The summed E-state index contributed by atoms with van der Waals surface area (Å²) in [5.74, 6) is 3.43. The van der Waals surface area contributed by atoms with Crippen molar-refractivity contribution in [2.45, 2.75) is 46.1 Å². The van der Waals surface area contributed by atoms with Gasteiger partial charge >= 0.3 is 0 Å². The van der Waals surface area contributed by atoms with Crippen LogP contribution in [-0.4, -0.2) is 13.7 Å². The fraction of sp³-hybridized carbons (Fsp3) is 0.667. The summed E-state index contributed by atoms with van der Waals surface area (Å²) in [7, 11) is 1.77. The van der Waals surface area contributed by atoms with Crippen molar-refractivity contribution < 1.29 is 4.74 Å². The molecule has 4 unspecified atom stereocenters. The van der Waals surface area contributed by atoms with E-state index in [0.29, 0.717) is 6.04 Å². The van der Waals surface area contributed by atoms with E-state index in [1.54, 1.807) is 7.11 Å². The Morgan fingerprint density at radius 2 is 1.95 bits per heavy atom. The van der Waals surface area contributed by atoms with Crippen molar-refractivity contribution in [2.75, 3.05) is 13.7 Å². The van der Waals surface area contributed by atoms with E-state index in [-0.39, 0.29) is 0 Å². The lowest BCUT2D eigenvalue weighted by atomic mass is 9.72. The summed E-state index contributed by atoms with van der Waals surface area (Å²) in [6.45, 7) is 7.99. The van der Waals surface area contributed by atoms with Crippen LogP contribution in [0.25, 0.3) is 0 Å². The number of nitrogens with one attached hydrogen (secondary N) is 1. The molecule has 1 fully saturated rings. The largest absolute Gasteiger partial charge is 0.496 e. The highest BCUT2D eigenvalue weighted by molar-refractivity contribution is 5.36. The molecule has 1 saturated carbocycles. The molecule has 112 valence electrons. The molecular weight excluding hydrogens is 246 g/mol. The lowest BCUT2D eigenvalue weighted by Gasteiger charge is -2.37. The van der Waals surface area contributed by atoms with Crippen LogP contribution < -0.4 is 10.1 Å². The van der Waals surface area contributed by atoms with Crippen molar-refractivity contribution in [3.05, 3.63) is 29.8 Å². The van der Waals surface area contributed by atoms with Crippen molar-refractivity contribution in [1.82, 2.24) is 5.32 Å². The fourth-order valence-corrected chi connectivity index (χ4v) is 3.57. The van der Waals surface area contributed by atoms with E-state index in [2.05, 4.69) is 50.4 Å². The summed E-state index contributed by atoms with van der Waals surface area (Å²) < 4.78 is 5.57. The van der Waals surface area contributed by atoms with E-state index in [4.69, 9.17) is 4.74 Å². The Hall–Kier alpha value is -1.02. The molecule has 1 aliphatic carbocycles. The molecule has 0 heterocycles. The maximum absolute atomic E-state index is 5.57. The second kappa shape index (κ2) is 7.12. The van der Waals surface area contributed by atoms with Crippen molar-refractivity contribution >= 4 is 0 Å². The SMILES string of the molecule is CCNC(c1ccccc1OC)C1CCC(C)C(C)C1. The van der Waals surface area contributed by atoms with Gasteiger partial charge in [0.15, 0.2) is 0 Å². The second-order valence-corrected chi connectivity index (χ2v) is 6.30. The van der Waals surface area contributed by atoms with E-state index in [9.17, 15) is 0 Å². The molecule has 2 nitrogen and oxygen atoms in total. The molecular formula is C18H29NO. The molecule has 0 bridgehead atoms. The minimum Gasteiger partial charge on any atom is -0.496 e. The van der Waals surface area contributed by atoms with Crippen LogP contribution in [0.3, 0.4) is 0 Å². The number of hydrogen-bond donors (Lipinski definition) is 1. The quantitative estimate of drug-likeness (QED) is 0.859. The van der Waals surface area contributed by atoms with Gasteiger partial charge in [-0.3, -0.25) is 0 Å². The van der Waals surface area contributed by atoms with Crippen LogP contribution >= 0.6 is 0 Å². The highest BCUT2D eigenvalue weighted by Crippen LogP contribution is 2.41. The predicted octanol–water partition coefficient (Wildman–Crippen LogP) is 4.42. The van der Waals surface area contributed by atoms with Gasteiger partial charge in [-0.2, -0.15) is 0 Å². The van der Waals surface area contributed by atoms with Crippen molar-refractivity contribution in [3.8, 4) is 5.75 Å². The van der Waals surface area contributed by atoms with Gasteiger partial charge in [0, 0.05) is 11.6 Å². The second-order valence-electron chi connectivity index (χ2n) is 6.30. The number of hydrogen-bond acceptors (Lipinski definition) is 2. The van der Waals surface area contributed by atoms with Gasteiger partial charge in [0.2, 0.25) is 0 Å². The van der Waals surface area contributed by atoms with Crippen LogP contribution in [0.4, 0.5) is 0 Å². The molecule has 2 rings (SSSR count). The zero-order chi connectivity index (χ0) is 14.5. The molecule has 0 radical (unpaired) electrons. The molecule has 0 saturated heterocycles. The monoisotopic (exact) mass is 275 g/mol. The van der Waals surface area contributed by atoms with E-state index >= 15 is 0 Å².